The second-order valence-corrected chi connectivity index (χ2v) is 6.50. The van der Waals surface area contributed by atoms with Gasteiger partial charge in [0.2, 0.25) is 0 Å². The first-order valence-electron chi connectivity index (χ1n) is 9.39. The Morgan fingerprint density at radius 1 is 0.880 bits per heavy atom. The molecule has 0 aliphatic rings. The van der Waals surface area contributed by atoms with Crippen LogP contribution in [-0.4, -0.2) is 19.9 Å². The Balaban J connectivity index is 0.000000421. The normalized spacial score (nSPS) is 10.1. The molecule has 0 aliphatic carbocycles. The molecule has 25 heavy (non-hydrogen) atoms. The molecule has 0 amide bonds. The van der Waals surface area contributed by atoms with E-state index in [0.29, 0.717) is 11.8 Å². The van der Waals surface area contributed by atoms with E-state index in [0.717, 1.165) is 29.5 Å². The van der Waals surface area contributed by atoms with Crippen molar-refractivity contribution in [2.45, 2.75) is 87.5 Å². The Kier molecular flexibility index (Phi) is 10.8. The Bertz CT molecular complexity index is 614. The standard InChI is InChI=1S/C10H16N2.C9H14N2.C2H6/c1-5-9-11-6-8(4)10(12-9)7(2)3;1-6(2)9-5-7(3)10-8(4)11-9;1-2/h6-7H,5H2,1-4H3;5-6H,1-4H3;1-2H3. The van der Waals surface area contributed by atoms with E-state index in [2.05, 4.69) is 61.5 Å². The highest BCUT2D eigenvalue weighted by atomic mass is 14.9. The lowest BCUT2D eigenvalue weighted by Gasteiger charge is -2.08. The smallest absolute Gasteiger partial charge is 0.128 e. The lowest BCUT2D eigenvalue weighted by molar-refractivity contribution is 0.774. The van der Waals surface area contributed by atoms with Crippen LogP contribution in [0.15, 0.2) is 12.3 Å². The molecular formula is C21H36N4. The summed E-state index contributed by atoms with van der Waals surface area (Å²) < 4.78 is 0. The van der Waals surface area contributed by atoms with Crippen molar-refractivity contribution >= 4 is 0 Å². The quantitative estimate of drug-likeness (QED) is 0.715. The highest BCUT2D eigenvalue weighted by Gasteiger charge is 2.06. The van der Waals surface area contributed by atoms with E-state index in [1.807, 2.05) is 40.0 Å². The Hall–Kier alpha value is -1.84. The van der Waals surface area contributed by atoms with Gasteiger partial charge in [-0.3, -0.25) is 0 Å². The van der Waals surface area contributed by atoms with Crippen molar-refractivity contribution in [2.75, 3.05) is 0 Å². The molecule has 2 heterocycles. The molecule has 2 aromatic heterocycles. The third-order valence-corrected chi connectivity index (χ3v) is 3.50. The zero-order chi connectivity index (χ0) is 19.6. The predicted molar refractivity (Wildman–Crippen MR) is 107 cm³/mol. The van der Waals surface area contributed by atoms with Gasteiger partial charge in [0.1, 0.15) is 11.6 Å². The number of aromatic nitrogens is 4. The SMILES string of the molecule is CC.CCc1ncc(C)c(C(C)C)n1.Cc1cc(C(C)C)nc(C)n1. The molecule has 0 spiro atoms. The van der Waals surface area contributed by atoms with Crippen molar-refractivity contribution in [1.82, 2.24) is 19.9 Å². The fourth-order valence-corrected chi connectivity index (χ4v) is 2.29. The van der Waals surface area contributed by atoms with Gasteiger partial charge in [-0.05, 0) is 44.2 Å². The first kappa shape index (κ1) is 23.2. The minimum Gasteiger partial charge on any atom is -0.241 e. The zero-order valence-corrected chi connectivity index (χ0v) is 17.8. The molecule has 0 N–H and O–H groups in total. The number of nitrogens with zero attached hydrogens (tertiary/aromatic N) is 4. The van der Waals surface area contributed by atoms with Gasteiger partial charge in [0.15, 0.2) is 0 Å². The van der Waals surface area contributed by atoms with E-state index in [1.165, 1.54) is 11.3 Å². The summed E-state index contributed by atoms with van der Waals surface area (Å²) in [6.45, 7) is 20.7. The zero-order valence-electron chi connectivity index (χ0n) is 17.8. The highest BCUT2D eigenvalue weighted by Crippen LogP contribution is 2.15. The van der Waals surface area contributed by atoms with Gasteiger partial charge in [-0.2, -0.15) is 0 Å². The fraction of sp³-hybridized carbons (Fsp3) is 0.619. The monoisotopic (exact) mass is 344 g/mol. The maximum absolute atomic E-state index is 4.48. The summed E-state index contributed by atoms with van der Waals surface area (Å²) in [6.07, 6.45) is 2.83. The number of rotatable bonds is 3. The van der Waals surface area contributed by atoms with Crippen LogP contribution >= 0.6 is 0 Å². The summed E-state index contributed by atoms with van der Waals surface area (Å²) in [6, 6.07) is 2.04. The molecule has 0 saturated carbocycles. The molecule has 0 aromatic carbocycles. The van der Waals surface area contributed by atoms with E-state index in [-0.39, 0.29) is 0 Å². The number of hydrogen-bond donors (Lipinski definition) is 0. The van der Waals surface area contributed by atoms with Crippen molar-refractivity contribution in [1.29, 1.82) is 0 Å². The van der Waals surface area contributed by atoms with Gasteiger partial charge in [-0.15, -0.1) is 0 Å². The molecule has 4 heteroatoms. The molecule has 0 saturated heterocycles. The summed E-state index contributed by atoms with van der Waals surface area (Å²) >= 11 is 0. The Labute approximate surface area is 154 Å². The molecule has 0 atom stereocenters. The fourth-order valence-electron chi connectivity index (χ4n) is 2.29. The Morgan fingerprint density at radius 3 is 1.92 bits per heavy atom. The lowest BCUT2D eigenvalue weighted by Crippen LogP contribution is -2.02. The first-order chi connectivity index (χ1) is 11.7. The molecule has 0 radical (unpaired) electrons. The molecule has 4 nitrogen and oxygen atoms in total. The maximum atomic E-state index is 4.48. The summed E-state index contributed by atoms with van der Waals surface area (Å²) in [5, 5.41) is 0. The molecule has 0 unspecified atom stereocenters. The van der Waals surface area contributed by atoms with Crippen LogP contribution in [0.5, 0.6) is 0 Å². The number of aryl methyl sites for hydroxylation is 4. The van der Waals surface area contributed by atoms with E-state index in [4.69, 9.17) is 0 Å². The van der Waals surface area contributed by atoms with Crippen LogP contribution in [0.1, 0.15) is 94.6 Å². The average Bonchev–Trinajstić information content (AvgIpc) is 2.56. The average molecular weight is 345 g/mol. The molecule has 0 fully saturated rings. The van der Waals surface area contributed by atoms with E-state index in [9.17, 15) is 0 Å². The highest BCUT2D eigenvalue weighted by molar-refractivity contribution is 5.18. The van der Waals surface area contributed by atoms with E-state index < -0.39 is 0 Å². The minimum atomic E-state index is 0.496. The van der Waals surface area contributed by atoms with Crippen molar-refractivity contribution in [3.05, 3.63) is 46.6 Å². The predicted octanol–water partition coefficient (Wildman–Crippen LogP) is 5.71. The summed E-state index contributed by atoms with van der Waals surface area (Å²) in [5.41, 5.74) is 4.57. The van der Waals surface area contributed by atoms with Crippen molar-refractivity contribution < 1.29 is 0 Å². The van der Waals surface area contributed by atoms with Gasteiger partial charge < -0.3 is 0 Å². The van der Waals surface area contributed by atoms with Crippen LogP contribution in [0.2, 0.25) is 0 Å². The van der Waals surface area contributed by atoms with Gasteiger partial charge in [-0.25, -0.2) is 19.9 Å². The van der Waals surface area contributed by atoms with Gasteiger partial charge >= 0.3 is 0 Å². The molecular weight excluding hydrogens is 308 g/mol. The van der Waals surface area contributed by atoms with Gasteiger partial charge in [0.25, 0.3) is 0 Å². The summed E-state index contributed by atoms with van der Waals surface area (Å²) in [4.78, 5) is 17.2. The van der Waals surface area contributed by atoms with E-state index >= 15 is 0 Å². The van der Waals surface area contributed by atoms with Crippen LogP contribution < -0.4 is 0 Å². The van der Waals surface area contributed by atoms with Crippen LogP contribution in [-0.2, 0) is 6.42 Å². The number of hydrogen-bond acceptors (Lipinski definition) is 4. The third kappa shape index (κ3) is 8.19. The van der Waals surface area contributed by atoms with Crippen LogP contribution in [0.3, 0.4) is 0 Å². The van der Waals surface area contributed by atoms with E-state index in [1.54, 1.807) is 0 Å². The van der Waals surface area contributed by atoms with Crippen molar-refractivity contribution in [2.24, 2.45) is 0 Å². The summed E-state index contributed by atoms with van der Waals surface area (Å²) in [7, 11) is 0. The van der Waals surface area contributed by atoms with Crippen molar-refractivity contribution in [3.8, 4) is 0 Å². The largest absolute Gasteiger partial charge is 0.241 e. The maximum Gasteiger partial charge on any atom is 0.128 e. The molecule has 0 bridgehead atoms. The topological polar surface area (TPSA) is 51.6 Å². The lowest BCUT2D eigenvalue weighted by atomic mass is 10.1. The second kappa shape index (κ2) is 11.7. The van der Waals surface area contributed by atoms with Crippen LogP contribution in [0.4, 0.5) is 0 Å². The molecule has 2 aromatic rings. The second-order valence-electron chi connectivity index (χ2n) is 6.50. The Morgan fingerprint density at radius 2 is 1.48 bits per heavy atom. The van der Waals surface area contributed by atoms with Crippen LogP contribution in [0, 0.1) is 20.8 Å². The molecule has 140 valence electrons. The minimum absolute atomic E-state index is 0.496. The molecule has 0 aliphatic heterocycles. The van der Waals surface area contributed by atoms with Crippen LogP contribution in [0.25, 0.3) is 0 Å². The van der Waals surface area contributed by atoms with Crippen molar-refractivity contribution in [3.63, 3.8) is 0 Å². The van der Waals surface area contributed by atoms with Gasteiger partial charge in [-0.1, -0.05) is 48.5 Å². The summed E-state index contributed by atoms with van der Waals surface area (Å²) in [5.74, 6) is 2.81. The molecule has 2 rings (SSSR count). The first-order valence-corrected chi connectivity index (χ1v) is 9.39. The van der Waals surface area contributed by atoms with Gasteiger partial charge in [0.05, 0.1) is 0 Å². The van der Waals surface area contributed by atoms with Gasteiger partial charge in [0, 0.05) is 29.7 Å². The third-order valence-electron chi connectivity index (χ3n) is 3.50.